The van der Waals surface area contributed by atoms with Gasteiger partial charge in [-0.25, -0.2) is 9.59 Å². The number of nitrogens with zero attached hydrogens (tertiary/aromatic N) is 1. The van der Waals surface area contributed by atoms with Gasteiger partial charge >= 0.3 is 12.0 Å². The molecule has 0 saturated carbocycles. The lowest BCUT2D eigenvalue weighted by molar-refractivity contribution is -0.147. The number of ether oxygens (including phenoxy) is 1. The van der Waals surface area contributed by atoms with Gasteiger partial charge in [-0.05, 0) is 56.2 Å². The van der Waals surface area contributed by atoms with Crippen LogP contribution >= 0.6 is 0 Å². The summed E-state index contributed by atoms with van der Waals surface area (Å²) < 4.78 is 4.90. The minimum atomic E-state index is -0.746. The van der Waals surface area contributed by atoms with Crippen LogP contribution in [-0.2, 0) is 14.3 Å². The maximum absolute atomic E-state index is 12.5. The maximum atomic E-state index is 12.5. The van der Waals surface area contributed by atoms with E-state index in [1.807, 2.05) is 0 Å². The molecule has 2 rings (SSSR count). The van der Waals surface area contributed by atoms with Crippen LogP contribution in [0.15, 0.2) is 53.6 Å². The number of hydrogen-bond donors (Lipinski definition) is 4. The number of rotatable bonds is 8. The number of esters is 1. The SMILES string of the molecule is CCOC(=O)C(C)NC(=O)C(C)c1cccc(NC(=O)Nc2ccc(C=NN)cc2)c1. The second-order valence-electron chi connectivity index (χ2n) is 6.81. The molecule has 0 aliphatic rings. The second kappa shape index (κ2) is 11.3. The van der Waals surface area contributed by atoms with Gasteiger partial charge in [0.05, 0.1) is 18.7 Å². The highest BCUT2D eigenvalue weighted by Gasteiger charge is 2.21. The largest absolute Gasteiger partial charge is 0.464 e. The van der Waals surface area contributed by atoms with Gasteiger partial charge in [0, 0.05) is 11.4 Å². The number of amides is 3. The summed E-state index contributed by atoms with van der Waals surface area (Å²) in [7, 11) is 0. The van der Waals surface area contributed by atoms with Crippen molar-refractivity contribution in [3.05, 3.63) is 59.7 Å². The highest BCUT2D eigenvalue weighted by Crippen LogP contribution is 2.20. The average Bonchev–Trinajstić information content (AvgIpc) is 2.75. The maximum Gasteiger partial charge on any atom is 0.328 e. The Morgan fingerprint density at radius 3 is 2.39 bits per heavy atom. The second-order valence-corrected chi connectivity index (χ2v) is 6.81. The highest BCUT2D eigenvalue weighted by atomic mass is 16.5. The van der Waals surface area contributed by atoms with Crippen LogP contribution in [0.5, 0.6) is 0 Å². The fourth-order valence-electron chi connectivity index (χ4n) is 2.73. The van der Waals surface area contributed by atoms with Crippen LogP contribution in [0.2, 0.25) is 0 Å². The zero-order valence-electron chi connectivity index (χ0n) is 17.7. The number of anilines is 2. The number of hydrazone groups is 1. The van der Waals surface area contributed by atoms with Crippen molar-refractivity contribution in [2.45, 2.75) is 32.7 Å². The molecule has 0 aliphatic heterocycles. The third-order valence-electron chi connectivity index (χ3n) is 4.43. The van der Waals surface area contributed by atoms with E-state index in [1.54, 1.807) is 69.3 Å². The van der Waals surface area contributed by atoms with E-state index < -0.39 is 24.0 Å². The van der Waals surface area contributed by atoms with Crippen molar-refractivity contribution in [1.82, 2.24) is 5.32 Å². The molecule has 2 atom stereocenters. The van der Waals surface area contributed by atoms with Crippen LogP contribution in [0.3, 0.4) is 0 Å². The fourth-order valence-corrected chi connectivity index (χ4v) is 2.73. The van der Waals surface area contributed by atoms with Crippen LogP contribution in [0.4, 0.5) is 16.2 Å². The molecule has 0 heterocycles. The third-order valence-corrected chi connectivity index (χ3v) is 4.43. The number of carbonyl (C=O) groups is 3. The Balaban J connectivity index is 1.98. The molecule has 0 fully saturated rings. The zero-order valence-corrected chi connectivity index (χ0v) is 17.7. The highest BCUT2D eigenvalue weighted by molar-refractivity contribution is 6.00. The Morgan fingerprint density at radius 1 is 1.06 bits per heavy atom. The first kappa shape index (κ1) is 23.4. The molecule has 2 aromatic carbocycles. The first-order valence-corrected chi connectivity index (χ1v) is 9.82. The van der Waals surface area contributed by atoms with Crippen molar-refractivity contribution < 1.29 is 19.1 Å². The Bertz CT molecular complexity index is 943. The molecular formula is C22H27N5O4. The molecule has 5 N–H and O–H groups in total. The first-order valence-electron chi connectivity index (χ1n) is 9.82. The molecule has 164 valence electrons. The van der Waals surface area contributed by atoms with Crippen molar-refractivity contribution in [1.29, 1.82) is 0 Å². The lowest BCUT2D eigenvalue weighted by Crippen LogP contribution is -2.41. The van der Waals surface area contributed by atoms with Crippen molar-refractivity contribution in [2.24, 2.45) is 10.9 Å². The molecule has 0 saturated heterocycles. The predicted octanol–water partition coefficient (Wildman–Crippen LogP) is 2.79. The van der Waals surface area contributed by atoms with Crippen molar-refractivity contribution in [2.75, 3.05) is 17.2 Å². The Morgan fingerprint density at radius 2 is 1.74 bits per heavy atom. The monoisotopic (exact) mass is 425 g/mol. The first-order chi connectivity index (χ1) is 14.8. The van der Waals surface area contributed by atoms with Gasteiger partial charge in [0.1, 0.15) is 6.04 Å². The van der Waals surface area contributed by atoms with Crippen LogP contribution in [0.1, 0.15) is 37.8 Å². The van der Waals surface area contributed by atoms with Crippen molar-refractivity contribution >= 4 is 35.5 Å². The number of nitrogens with one attached hydrogen (secondary N) is 3. The molecule has 0 spiro atoms. The number of benzene rings is 2. The Hall–Kier alpha value is -3.88. The predicted molar refractivity (Wildman–Crippen MR) is 120 cm³/mol. The summed E-state index contributed by atoms with van der Waals surface area (Å²) in [5.41, 5.74) is 2.63. The van der Waals surface area contributed by atoms with Gasteiger partial charge in [-0.3, -0.25) is 4.79 Å². The van der Waals surface area contributed by atoms with Gasteiger partial charge in [-0.2, -0.15) is 5.10 Å². The molecule has 0 radical (unpaired) electrons. The Kier molecular flexibility index (Phi) is 8.56. The van der Waals surface area contributed by atoms with E-state index in [0.717, 1.165) is 5.56 Å². The molecule has 3 amide bonds. The van der Waals surface area contributed by atoms with Gasteiger partial charge < -0.3 is 26.5 Å². The standard InChI is InChI=1S/C22H27N5O4/c1-4-31-21(29)15(3)25-20(28)14(2)17-6-5-7-19(12-17)27-22(30)26-18-10-8-16(9-11-18)13-24-23/h5-15H,4,23H2,1-3H3,(H,25,28)(H2,26,27,30). The quantitative estimate of drug-likeness (QED) is 0.223. The van der Waals surface area contributed by atoms with Crippen LogP contribution in [-0.4, -0.2) is 36.8 Å². The van der Waals surface area contributed by atoms with Gasteiger partial charge in [-0.1, -0.05) is 24.3 Å². The molecule has 2 unspecified atom stereocenters. The number of urea groups is 1. The average molecular weight is 425 g/mol. The normalized spacial score (nSPS) is 12.6. The summed E-state index contributed by atoms with van der Waals surface area (Å²) in [6.45, 7) is 5.24. The minimum absolute atomic E-state index is 0.247. The molecule has 0 aliphatic carbocycles. The van der Waals surface area contributed by atoms with E-state index in [9.17, 15) is 14.4 Å². The van der Waals surface area contributed by atoms with Crippen LogP contribution in [0.25, 0.3) is 0 Å². The van der Waals surface area contributed by atoms with Gasteiger partial charge in [0.25, 0.3) is 0 Å². The van der Waals surface area contributed by atoms with Gasteiger partial charge in [-0.15, -0.1) is 0 Å². The van der Waals surface area contributed by atoms with E-state index >= 15 is 0 Å². The van der Waals surface area contributed by atoms with E-state index in [4.69, 9.17) is 10.6 Å². The van der Waals surface area contributed by atoms with E-state index in [0.29, 0.717) is 16.9 Å². The van der Waals surface area contributed by atoms with Crippen LogP contribution < -0.4 is 21.8 Å². The summed E-state index contributed by atoms with van der Waals surface area (Å²) in [5.74, 6) is 3.78. The summed E-state index contributed by atoms with van der Waals surface area (Å²) >= 11 is 0. The topological polar surface area (TPSA) is 135 Å². The van der Waals surface area contributed by atoms with Crippen molar-refractivity contribution in [3.63, 3.8) is 0 Å². The lowest BCUT2D eigenvalue weighted by atomic mass is 9.99. The summed E-state index contributed by atoms with van der Waals surface area (Å²) in [5, 5.41) is 11.5. The van der Waals surface area contributed by atoms with Gasteiger partial charge in [0.15, 0.2) is 0 Å². The number of nitrogens with two attached hydrogens (primary N) is 1. The molecular weight excluding hydrogens is 398 g/mol. The smallest absolute Gasteiger partial charge is 0.328 e. The Labute approximate surface area is 181 Å². The van der Waals surface area contributed by atoms with Crippen molar-refractivity contribution in [3.8, 4) is 0 Å². The molecule has 0 aromatic heterocycles. The molecule has 2 aromatic rings. The van der Waals surface area contributed by atoms with Crippen LogP contribution in [0, 0.1) is 0 Å². The molecule has 0 bridgehead atoms. The summed E-state index contributed by atoms with van der Waals surface area (Å²) in [4.78, 5) is 36.5. The molecule has 9 heteroatoms. The molecule has 9 nitrogen and oxygen atoms in total. The summed E-state index contributed by atoms with van der Waals surface area (Å²) in [6, 6.07) is 12.8. The zero-order chi connectivity index (χ0) is 22.8. The fraction of sp³-hybridized carbons (Fsp3) is 0.273. The third kappa shape index (κ3) is 7.14. The number of carbonyl (C=O) groups excluding carboxylic acids is 3. The number of hydrogen-bond acceptors (Lipinski definition) is 6. The minimum Gasteiger partial charge on any atom is -0.464 e. The van der Waals surface area contributed by atoms with Gasteiger partial charge in [0.2, 0.25) is 5.91 Å². The van der Waals surface area contributed by atoms with E-state index in [1.165, 1.54) is 6.21 Å². The van der Waals surface area contributed by atoms with E-state index in [2.05, 4.69) is 21.1 Å². The lowest BCUT2D eigenvalue weighted by Gasteiger charge is -2.17. The molecule has 31 heavy (non-hydrogen) atoms. The van der Waals surface area contributed by atoms with E-state index in [-0.39, 0.29) is 12.5 Å². The summed E-state index contributed by atoms with van der Waals surface area (Å²) in [6.07, 6.45) is 1.50.